The summed E-state index contributed by atoms with van der Waals surface area (Å²) in [7, 11) is -3.61. The number of hydrogen-bond donors (Lipinski definition) is 2. The number of hydrogen-bond acceptors (Lipinski definition) is 6. The molecule has 2 N–H and O–H groups in total. The molecule has 11 heteroatoms. The number of aromatic amines is 1. The Bertz CT molecular complexity index is 1200. The fourth-order valence-electron chi connectivity index (χ4n) is 4.01. The smallest absolute Gasteiger partial charge is 0.268 e. The summed E-state index contributed by atoms with van der Waals surface area (Å²) in [6.07, 6.45) is 5.18. The van der Waals surface area contributed by atoms with Crippen LogP contribution in [0.5, 0.6) is 0 Å². The minimum Gasteiger partial charge on any atom is -0.350 e. The molecule has 0 aliphatic carbocycles. The second-order valence-corrected chi connectivity index (χ2v) is 10.6. The summed E-state index contributed by atoms with van der Waals surface area (Å²) in [4.78, 5) is 25.3. The number of fused-ring (bicyclic) bond motifs is 1. The average molecular weight is 478 g/mol. The summed E-state index contributed by atoms with van der Waals surface area (Å²) in [5.41, 5.74) is 1.71. The highest BCUT2D eigenvalue weighted by molar-refractivity contribution is 7.92. The molecule has 0 aromatic carbocycles. The van der Waals surface area contributed by atoms with Gasteiger partial charge in [0.1, 0.15) is 5.69 Å². The maximum Gasteiger partial charge on any atom is 0.268 e. The third kappa shape index (κ3) is 5.53. The van der Waals surface area contributed by atoms with Crippen molar-refractivity contribution in [1.29, 1.82) is 0 Å². The van der Waals surface area contributed by atoms with Gasteiger partial charge in [0.05, 0.1) is 28.9 Å². The van der Waals surface area contributed by atoms with E-state index in [0.717, 1.165) is 17.8 Å². The number of alkyl halides is 2. The van der Waals surface area contributed by atoms with Crippen molar-refractivity contribution in [2.75, 3.05) is 19.6 Å². The number of nitrogens with one attached hydrogen (secondary N) is 2. The quantitative estimate of drug-likeness (QED) is 0.542. The summed E-state index contributed by atoms with van der Waals surface area (Å²) in [6, 6.07) is 6.52. The van der Waals surface area contributed by atoms with Crippen LogP contribution in [0, 0.1) is 0 Å². The van der Waals surface area contributed by atoms with E-state index >= 15 is 0 Å². The first kappa shape index (κ1) is 23.2. The largest absolute Gasteiger partial charge is 0.350 e. The number of sulfone groups is 1. The van der Waals surface area contributed by atoms with Crippen molar-refractivity contribution in [2.45, 2.75) is 42.4 Å². The van der Waals surface area contributed by atoms with Gasteiger partial charge in [0, 0.05) is 36.4 Å². The highest BCUT2D eigenvalue weighted by Crippen LogP contribution is 2.26. The van der Waals surface area contributed by atoms with Crippen molar-refractivity contribution in [3.8, 4) is 0 Å². The van der Waals surface area contributed by atoms with E-state index in [1.807, 2.05) is 0 Å². The molecule has 0 unspecified atom stereocenters. The first-order valence-corrected chi connectivity index (χ1v) is 12.2. The highest BCUT2D eigenvalue weighted by atomic mass is 32.2. The van der Waals surface area contributed by atoms with Gasteiger partial charge < -0.3 is 10.3 Å². The number of pyridine rings is 2. The van der Waals surface area contributed by atoms with Crippen molar-refractivity contribution >= 4 is 26.6 Å². The third-order valence-electron chi connectivity index (χ3n) is 5.70. The maximum atomic E-state index is 13.2. The van der Waals surface area contributed by atoms with E-state index in [4.69, 9.17) is 0 Å². The minimum atomic E-state index is -3.61. The number of carbonyl (C=O) groups is 1. The van der Waals surface area contributed by atoms with Gasteiger partial charge in [-0.3, -0.25) is 19.7 Å². The minimum absolute atomic E-state index is 0.0972. The zero-order chi connectivity index (χ0) is 23.6. The van der Waals surface area contributed by atoms with Crippen LogP contribution in [0.25, 0.3) is 10.9 Å². The fraction of sp³-hybridized carbons (Fsp3) is 0.409. The summed E-state index contributed by atoms with van der Waals surface area (Å²) in [6.45, 7) is 1.26. The Morgan fingerprint density at radius 2 is 2.00 bits per heavy atom. The summed E-state index contributed by atoms with van der Waals surface area (Å²) in [5.74, 6) is -3.11. The predicted octanol–water partition coefficient (Wildman–Crippen LogP) is 2.78. The Morgan fingerprint density at radius 1 is 1.24 bits per heavy atom. The number of nitrogens with zero attached hydrogens (tertiary/aromatic N) is 3. The molecular weight excluding hydrogens is 452 g/mol. The number of piperidine rings is 1. The van der Waals surface area contributed by atoms with Crippen LogP contribution in [-0.2, 0) is 16.4 Å². The van der Waals surface area contributed by atoms with Crippen LogP contribution in [0.3, 0.4) is 0 Å². The normalized spacial score (nSPS) is 16.2. The Morgan fingerprint density at radius 3 is 2.64 bits per heavy atom. The first-order chi connectivity index (χ1) is 15.6. The number of H-pyrrole nitrogens is 1. The van der Waals surface area contributed by atoms with Crippen LogP contribution < -0.4 is 5.32 Å². The van der Waals surface area contributed by atoms with Crippen molar-refractivity contribution in [1.82, 2.24) is 25.2 Å². The first-order valence-electron chi connectivity index (χ1n) is 10.6. The topological polar surface area (TPSA) is 108 Å². The fourth-order valence-corrected chi connectivity index (χ4v) is 5.68. The zero-order valence-electron chi connectivity index (χ0n) is 18.1. The Kier molecular flexibility index (Phi) is 6.44. The molecule has 3 aromatic rings. The highest BCUT2D eigenvalue weighted by Gasteiger charge is 2.34. The monoisotopic (exact) mass is 477 g/mol. The van der Waals surface area contributed by atoms with E-state index in [9.17, 15) is 22.0 Å². The molecule has 33 heavy (non-hydrogen) atoms. The zero-order valence-corrected chi connectivity index (χ0v) is 18.9. The molecule has 176 valence electrons. The molecule has 0 radical (unpaired) electrons. The van der Waals surface area contributed by atoms with Gasteiger partial charge in [-0.1, -0.05) is 0 Å². The van der Waals surface area contributed by atoms with Crippen molar-refractivity contribution in [2.24, 2.45) is 0 Å². The molecule has 0 atom stereocenters. The van der Waals surface area contributed by atoms with Crippen LogP contribution in [0.15, 0.2) is 47.8 Å². The van der Waals surface area contributed by atoms with Crippen LogP contribution in [0.2, 0.25) is 0 Å². The molecule has 1 aliphatic heterocycles. The van der Waals surface area contributed by atoms with Crippen LogP contribution in [-0.4, -0.2) is 65.0 Å². The van der Waals surface area contributed by atoms with E-state index in [2.05, 4.69) is 20.3 Å². The van der Waals surface area contributed by atoms with Gasteiger partial charge in [0.25, 0.3) is 11.8 Å². The lowest BCUT2D eigenvalue weighted by Gasteiger charge is -2.33. The average Bonchev–Trinajstić information content (AvgIpc) is 3.21. The molecule has 1 amide bonds. The van der Waals surface area contributed by atoms with Crippen molar-refractivity contribution in [3.63, 3.8) is 0 Å². The lowest BCUT2D eigenvalue weighted by molar-refractivity contribution is -0.0183. The molecule has 1 fully saturated rings. The number of halogens is 2. The molecule has 0 bridgehead atoms. The lowest BCUT2D eigenvalue weighted by atomic mass is 10.1. The molecule has 4 rings (SSSR count). The van der Waals surface area contributed by atoms with E-state index < -0.39 is 21.0 Å². The van der Waals surface area contributed by atoms with E-state index in [0.29, 0.717) is 37.3 Å². The van der Waals surface area contributed by atoms with Gasteiger partial charge in [-0.2, -0.15) is 0 Å². The van der Waals surface area contributed by atoms with Gasteiger partial charge >= 0.3 is 0 Å². The second-order valence-electron chi connectivity index (χ2n) is 8.40. The van der Waals surface area contributed by atoms with Gasteiger partial charge in [-0.15, -0.1) is 0 Å². The number of carbonyl (C=O) groups excluding carboxylic acids is 1. The molecule has 1 aliphatic rings. The Balaban J connectivity index is 1.34. The number of amides is 1. The standard InChI is InChI=1S/C22H25F2N5O3S/c1-22(23,24)14-29-8-5-17(6-9-29)33(31,32)18-3-2-16(26-13-18)12-27-21(30)20-10-15-11-25-7-4-19(15)28-20/h2-4,7,10-11,13,17,28H,5-6,8-9,12,14H2,1H3,(H,27,30). The molecule has 3 aromatic heterocycles. The molecular formula is C22H25F2N5O3S. The van der Waals surface area contributed by atoms with E-state index in [1.54, 1.807) is 35.5 Å². The SMILES string of the molecule is CC(F)(F)CN1CCC(S(=O)(=O)c2ccc(CNC(=O)c3cc4cnccc4[nH]3)nc2)CC1. The van der Waals surface area contributed by atoms with Gasteiger partial charge in [0.2, 0.25) is 0 Å². The lowest BCUT2D eigenvalue weighted by Crippen LogP contribution is -2.43. The Hall–Kier alpha value is -2.92. The molecule has 0 spiro atoms. The number of rotatable bonds is 7. The number of aromatic nitrogens is 3. The molecule has 0 saturated carbocycles. The predicted molar refractivity (Wildman–Crippen MR) is 119 cm³/mol. The number of likely N-dealkylation sites (tertiary alicyclic amines) is 1. The van der Waals surface area contributed by atoms with Crippen LogP contribution >= 0.6 is 0 Å². The third-order valence-corrected chi connectivity index (χ3v) is 7.94. The van der Waals surface area contributed by atoms with Crippen LogP contribution in [0.4, 0.5) is 8.78 Å². The van der Waals surface area contributed by atoms with Crippen molar-refractivity contribution in [3.05, 3.63) is 54.2 Å². The van der Waals surface area contributed by atoms with Gasteiger partial charge in [-0.25, -0.2) is 17.2 Å². The van der Waals surface area contributed by atoms with Gasteiger partial charge in [0.15, 0.2) is 9.84 Å². The summed E-state index contributed by atoms with van der Waals surface area (Å²) < 4.78 is 52.3. The van der Waals surface area contributed by atoms with Crippen molar-refractivity contribution < 1.29 is 22.0 Å². The molecule has 4 heterocycles. The second kappa shape index (κ2) is 9.14. The maximum absolute atomic E-state index is 13.2. The Labute approximate surface area is 190 Å². The van der Waals surface area contributed by atoms with Gasteiger partial charge in [-0.05, 0) is 50.2 Å². The summed E-state index contributed by atoms with van der Waals surface area (Å²) >= 11 is 0. The molecule has 8 nitrogen and oxygen atoms in total. The summed E-state index contributed by atoms with van der Waals surface area (Å²) in [5, 5.41) is 2.95. The van der Waals surface area contributed by atoms with Crippen LogP contribution in [0.1, 0.15) is 35.9 Å². The van der Waals surface area contributed by atoms with E-state index in [-0.39, 0.29) is 23.9 Å². The van der Waals surface area contributed by atoms with E-state index in [1.165, 1.54) is 12.3 Å². The molecule has 1 saturated heterocycles.